The van der Waals surface area contributed by atoms with Crippen LogP contribution in [0.1, 0.15) is 56.5 Å². The molecule has 0 aliphatic carbocycles. The summed E-state index contributed by atoms with van der Waals surface area (Å²) >= 11 is 2.79. The van der Waals surface area contributed by atoms with Gasteiger partial charge < -0.3 is 0 Å². The first kappa shape index (κ1) is 21.4. The van der Waals surface area contributed by atoms with Crippen LogP contribution in [0.4, 0.5) is 5.13 Å². The van der Waals surface area contributed by atoms with Crippen LogP contribution in [-0.4, -0.2) is 36.6 Å². The quantitative estimate of drug-likeness (QED) is 0.370. The lowest BCUT2D eigenvalue weighted by Gasteiger charge is -2.09. The van der Waals surface area contributed by atoms with E-state index in [1.54, 1.807) is 6.33 Å². The highest BCUT2D eigenvalue weighted by atomic mass is 32.2. The molecule has 0 saturated carbocycles. The summed E-state index contributed by atoms with van der Waals surface area (Å²) in [5, 5.41) is 21.4. The van der Waals surface area contributed by atoms with E-state index in [-0.39, 0.29) is 11.7 Å². The number of carbonyl (C=O) groups is 1. The highest BCUT2D eigenvalue weighted by Crippen LogP contribution is 2.23. The minimum atomic E-state index is -0.129. The average Bonchev–Trinajstić information content (AvgIpc) is 3.36. The lowest BCUT2D eigenvalue weighted by Crippen LogP contribution is -2.14. The van der Waals surface area contributed by atoms with Crippen molar-refractivity contribution in [1.29, 1.82) is 0 Å². The molecule has 0 unspecified atom stereocenters. The van der Waals surface area contributed by atoms with Crippen LogP contribution in [0.2, 0.25) is 0 Å². The maximum absolute atomic E-state index is 12.3. The molecule has 1 aromatic carbocycles. The molecule has 9 heteroatoms. The second kappa shape index (κ2) is 10.5. The Morgan fingerprint density at radius 2 is 1.97 bits per heavy atom. The Hall–Kier alpha value is -2.26. The normalized spacial score (nSPS) is 11.2. The minimum Gasteiger partial charge on any atom is -0.300 e. The van der Waals surface area contributed by atoms with Crippen LogP contribution in [0.3, 0.4) is 0 Å². The maximum Gasteiger partial charge on any atom is 0.236 e. The third-order valence-electron chi connectivity index (χ3n) is 4.39. The molecule has 7 nitrogen and oxygen atoms in total. The molecule has 0 radical (unpaired) electrons. The second-order valence-corrected chi connectivity index (χ2v) is 9.03. The fraction of sp³-hybridized carbons (Fsp3) is 0.450. The molecule has 1 N–H and O–H groups in total. The number of benzene rings is 1. The average molecular weight is 431 g/mol. The Balaban J connectivity index is 1.54. The summed E-state index contributed by atoms with van der Waals surface area (Å²) in [7, 11) is 0. The summed E-state index contributed by atoms with van der Waals surface area (Å²) in [6.07, 6.45) is 6.03. The first-order chi connectivity index (χ1) is 14.1. The number of aryl methyl sites for hydroxylation is 1. The second-order valence-electron chi connectivity index (χ2n) is 7.02. The van der Waals surface area contributed by atoms with E-state index in [0.717, 1.165) is 23.5 Å². The van der Waals surface area contributed by atoms with Crippen molar-refractivity contribution in [3.05, 3.63) is 41.2 Å². The van der Waals surface area contributed by atoms with Crippen molar-refractivity contribution < 1.29 is 4.79 Å². The van der Waals surface area contributed by atoms with Crippen molar-refractivity contribution in [3.8, 4) is 5.69 Å². The smallest absolute Gasteiger partial charge is 0.236 e. The van der Waals surface area contributed by atoms with Crippen LogP contribution < -0.4 is 5.32 Å². The number of nitrogens with one attached hydrogen (secondary N) is 1. The van der Waals surface area contributed by atoms with Gasteiger partial charge in [0.05, 0.1) is 5.75 Å². The van der Waals surface area contributed by atoms with Crippen LogP contribution in [-0.2, 0) is 11.2 Å². The largest absolute Gasteiger partial charge is 0.300 e. The summed E-state index contributed by atoms with van der Waals surface area (Å²) in [4.78, 5) is 12.3. The Kier molecular flexibility index (Phi) is 7.76. The summed E-state index contributed by atoms with van der Waals surface area (Å²) < 4.78 is 1.89. The standard InChI is InChI=1S/C20H26N6OS2/c1-4-5-6-7-18-23-24-19(29-18)22-17(27)12-28-20-25-21-13-26(20)16-10-8-15(9-11-16)14(2)3/h8-11,13-14H,4-7,12H2,1-3H3,(H,22,24,27). The van der Waals surface area contributed by atoms with Gasteiger partial charge in [0.1, 0.15) is 11.3 Å². The zero-order chi connectivity index (χ0) is 20.6. The number of unbranched alkanes of at least 4 members (excludes halogenated alkanes) is 2. The molecule has 0 bridgehead atoms. The Morgan fingerprint density at radius 3 is 2.69 bits per heavy atom. The molecule has 29 heavy (non-hydrogen) atoms. The summed E-state index contributed by atoms with van der Waals surface area (Å²) in [6, 6.07) is 8.30. The van der Waals surface area contributed by atoms with Gasteiger partial charge in [-0.05, 0) is 30.0 Å². The maximum atomic E-state index is 12.3. The van der Waals surface area contributed by atoms with Gasteiger partial charge >= 0.3 is 0 Å². The van der Waals surface area contributed by atoms with Crippen molar-refractivity contribution in [2.45, 2.75) is 57.5 Å². The third kappa shape index (κ3) is 6.11. The van der Waals surface area contributed by atoms with Gasteiger partial charge in [0.15, 0.2) is 5.16 Å². The molecule has 2 aromatic heterocycles. The van der Waals surface area contributed by atoms with E-state index >= 15 is 0 Å². The van der Waals surface area contributed by atoms with Gasteiger partial charge in [0.25, 0.3) is 0 Å². The van der Waals surface area contributed by atoms with Crippen molar-refractivity contribution in [3.63, 3.8) is 0 Å². The summed E-state index contributed by atoms with van der Waals surface area (Å²) in [5.74, 6) is 0.582. The first-order valence-corrected chi connectivity index (χ1v) is 11.6. The van der Waals surface area contributed by atoms with E-state index in [0.29, 0.717) is 16.2 Å². The summed E-state index contributed by atoms with van der Waals surface area (Å²) in [5.41, 5.74) is 2.25. The summed E-state index contributed by atoms with van der Waals surface area (Å²) in [6.45, 7) is 6.50. The fourth-order valence-corrected chi connectivity index (χ4v) is 4.26. The number of nitrogens with zero attached hydrogens (tertiary/aromatic N) is 5. The SMILES string of the molecule is CCCCCc1nnc(NC(=O)CSc2nncn2-c2ccc(C(C)C)cc2)s1. The zero-order valence-corrected chi connectivity index (χ0v) is 18.6. The first-order valence-electron chi connectivity index (χ1n) is 9.82. The van der Waals surface area contributed by atoms with Crippen LogP contribution in [0.5, 0.6) is 0 Å². The molecule has 0 spiro atoms. The molecule has 1 amide bonds. The lowest BCUT2D eigenvalue weighted by atomic mass is 10.0. The molecule has 0 atom stereocenters. The Morgan fingerprint density at radius 1 is 1.17 bits per heavy atom. The zero-order valence-electron chi connectivity index (χ0n) is 17.0. The molecule has 0 aliphatic heterocycles. The van der Waals surface area contributed by atoms with Gasteiger partial charge in [0.2, 0.25) is 11.0 Å². The molecule has 0 aliphatic rings. The minimum absolute atomic E-state index is 0.129. The van der Waals surface area contributed by atoms with Gasteiger partial charge in [0, 0.05) is 12.1 Å². The van der Waals surface area contributed by atoms with Gasteiger partial charge in [-0.3, -0.25) is 14.7 Å². The van der Waals surface area contributed by atoms with E-state index < -0.39 is 0 Å². The molecule has 0 saturated heterocycles. The lowest BCUT2D eigenvalue weighted by molar-refractivity contribution is -0.113. The molecule has 0 fully saturated rings. The van der Waals surface area contributed by atoms with E-state index in [1.807, 2.05) is 16.7 Å². The number of hydrogen-bond acceptors (Lipinski definition) is 7. The van der Waals surface area contributed by atoms with Crippen molar-refractivity contribution in [2.24, 2.45) is 0 Å². The van der Waals surface area contributed by atoms with Gasteiger partial charge in [-0.25, -0.2) is 0 Å². The van der Waals surface area contributed by atoms with Crippen LogP contribution in [0.25, 0.3) is 5.69 Å². The molecule has 3 aromatic rings. The number of thioether (sulfide) groups is 1. The molecule has 3 rings (SSSR count). The number of amides is 1. The third-order valence-corrected chi connectivity index (χ3v) is 6.24. The van der Waals surface area contributed by atoms with E-state index in [2.05, 4.69) is 58.6 Å². The number of hydrogen-bond donors (Lipinski definition) is 1. The Labute approximate surface area is 179 Å². The van der Waals surface area contributed by atoms with Crippen molar-refractivity contribution >= 4 is 34.1 Å². The topological polar surface area (TPSA) is 85.6 Å². The predicted octanol–water partition coefficient (Wildman–Crippen LogP) is 4.71. The van der Waals surface area contributed by atoms with Gasteiger partial charge in [-0.1, -0.05) is 68.8 Å². The van der Waals surface area contributed by atoms with E-state index in [1.165, 1.54) is 41.5 Å². The Bertz CT molecular complexity index is 919. The van der Waals surface area contributed by atoms with Gasteiger partial charge in [-0.2, -0.15) is 0 Å². The van der Waals surface area contributed by atoms with Crippen LogP contribution in [0, 0.1) is 0 Å². The van der Waals surface area contributed by atoms with Crippen LogP contribution in [0.15, 0.2) is 35.7 Å². The molecular formula is C20H26N6OS2. The molecular weight excluding hydrogens is 404 g/mol. The van der Waals surface area contributed by atoms with Crippen molar-refractivity contribution in [2.75, 3.05) is 11.1 Å². The van der Waals surface area contributed by atoms with Crippen LogP contribution >= 0.6 is 23.1 Å². The number of anilines is 1. The molecule has 2 heterocycles. The number of aromatic nitrogens is 5. The van der Waals surface area contributed by atoms with E-state index in [4.69, 9.17) is 0 Å². The highest BCUT2D eigenvalue weighted by molar-refractivity contribution is 7.99. The number of rotatable bonds is 10. The molecule has 154 valence electrons. The fourth-order valence-electron chi connectivity index (χ4n) is 2.74. The van der Waals surface area contributed by atoms with Crippen molar-refractivity contribution in [1.82, 2.24) is 25.0 Å². The highest BCUT2D eigenvalue weighted by Gasteiger charge is 2.13. The van der Waals surface area contributed by atoms with E-state index in [9.17, 15) is 4.79 Å². The predicted molar refractivity (Wildman–Crippen MR) is 118 cm³/mol. The monoisotopic (exact) mass is 430 g/mol. The number of carbonyl (C=O) groups excluding carboxylic acids is 1. The van der Waals surface area contributed by atoms with Gasteiger partial charge in [-0.15, -0.1) is 20.4 Å².